The molecular weight excluding hydrogens is 300 g/mol. The number of hydrogen-bond acceptors (Lipinski definition) is 2. The zero-order valence-electron chi connectivity index (χ0n) is 14.1. The fourth-order valence-electron chi connectivity index (χ4n) is 2.72. The summed E-state index contributed by atoms with van der Waals surface area (Å²) in [7, 11) is 0. The van der Waals surface area contributed by atoms with Crippen molar-refractivity contribution >= 4 is 17.5 Å². The van der Waals surface area contributed by atoms with Gasteiger partial charge in [-0.3, -0.25) is 9.59 Å². The minimum atomic E-state index is -0.909. The molecule has 1 aliphatic rings. The van der Waals surface area contributed by atoms with E-state index in [9.17, 15) is 9.59 Å². The summed E-state index contributed by atoms with van der Waals surface area (Å²) in [5, 5.41) is 5.78. The molecule has 0 radical (unpaired) electrons. The predicted molar refractivity (Wildman–Crippen MR) is 94.5 cm³/mol. The lowest BCUT2D eigenvalue weighted by molar-refractivity contribution is -0.134. The van der Waals surface area contributed by atoms with Gasteiger partial charge >= 0.3 is 0 Å². The molecule has 0 unspecified atom stereocenters. The highest BCUT2D eigenvalue weighted by atomic mass is 16.2. The molecule has 0 spiro atoms. The number of carbonyl (C=O) groups excluding carboxylic acids is 2. The Labute approximate surface area is 142 Å². The largest absolute Gasteiger partial charge is 0.351 e. The number of benzene rings is 2. The maximum absolute atomic E-state index is 12.5. The first kappa shape index (κ1) is 16.2. The lowest BCUT2D eigenvalue weighted by Crippen LogP contribution is -2.39. The molecule has 3 rings (SSSR count). The third-order valence-electron chi connectivity index (χ3n) is 4.63. The second kappa shape index (κ2) is 6.48. The van der Waals surface area contributed by atoms with Crippen LogP contribution in [0.1, 0.15) is 29.5 Å². The molecule has 1 saturated carbocycles. The third kappa shape index (κ3) is 3.32. The summed E-state index contributed by atoms with van der Waals surface area (Å²) < 4.78 is 0. The Bertz CT molecular complexity index is 761. The van der Waals surface area contributed by atoms with E-state index < -0.39 is 5.41 Å². The Balaban J connectivity index is 1.62. The molecule has 0 bridgehead atoms. The topological polar surface area (TPSA) is 58.2 Å². The fourth-order valence-corrected chi connectivity index (χ4v) is 2.72. The van der Waals surface area contributed by atoms with Crippen molar-refractivity contribution in [1.29, 1.82) is 0 Å². The van der Waals surface area contributed by atoms with Gasteiger partial charge in [0, 0.05) is 12.2 Å². The molecular formula is C20H22N2O2. The van der Waals surface area contributed by atoms with Gasteiger partial charge in [-0.15, -0.1) is 0 Å². The van der Waals surface area contributed by atoms with Crippen molar-refractivity contribution in [2.24, 2.45) is 5.41 Å². The number of aryl methyl sites for hydroxylation is 2. The summed E-state index contributed by atoms with van der Waals surface area (Å²) >= 11 is 0. The normalized spacial score (nSPS) is 14.8. The minimum absolute atomic E-state index is 0.185. The Morgan fingerprint density at radius 1 is 0.958 bits per heavy atom. The lowest BCUT2D eigenvalue weighted by atomic mass is 10.0. The summed E-state index contributed by atoms with van der Waals surface area (Å²) in [5.41, 5.74) is 3.15. The van der Waals surface area contributed by atoms with Crippen molar-refractivity contribution in [3.8, 4) is 0 Å². The molecule has 2 aromatic rings. The molecule has 0 atom stereocenters. The summed E-state index contributed by atoms with van der Waals surface area (Å²) in [4.78, 5) is 25.1. The number of rotatable bonds is 5. The standard InChI is InChI=1S/C20H22N2O2/c1-14-7-9-17(10-8-14)22-19(24)20(11-12-20)18(23)21-13-16-6-4-3-5-15(16)2/h3-10H,11-13H2,1-2H3,(H,21,23)(H,22,24). The van der Waals surface area contributed by atoms with Gasteiger partial charge in [0.2, 0.25) is 11.8 Å². The summed E-state index contributed by atoms with van der Waals surface area (Å²) in [6.07, 6.45) is 1.20. The molecule has 124 valence electrons. The van der Waals surface area contributed by atoms with Crippen LogP contribution in [0.3, 0.4) is 0 Å². The van der Waals surface area contributed by atoms with E-state index in [0.717, 1.165) is 22.4 Å². The van der Waals surface area contributed by atoms with Crippen LogP contribution in [-0.2, 0) is 16.1 Å². The van der Waals surface area contributed by atoms with E-state index in [2.05, 4.69) is 10.6 Å². The van der Waals surface area contributed by atoms with Crippen LogP contribution in [-0.4, -0.2) is 11.8 Å². The lowest BCUT2D eigenvalue weighted by Gasteiger charge is -2.16. The Morgan fingerprint density at radius 2 is 1.62 bits per heavy atom. The van der Waals surface area contributed by atoms with Crippen LogP contribution in [0.5, 0.6) is 0 Å². The smallest absolute Gasteiger partial charge is 0.240 e. The van der Waals surface area contributed by atoms with Crippen LogP contribution in [0, 0.1) is 19.3 Å². The number of amides is 2. The SMILES string of the molecule is Cc1ccc(NC(=O)C2(C(=O)NCc3ccccc3C)CC2)cc1. The number of hydrogen-bond donors (Lipinski definition) is 2. The van der Waals surface area contributed by atoms with E-state index in [-0.39, 0.29) is 11.8 Å². The van der Waals surface area contributed by atoms with E-state index in [1.165, 1.54) is 0 Å². The van der Waals surface area contributed by atoms with Crippen LogP contribution in [0.15, 0.2) is 48.5 Å². The Kier molecular flexibility index (Phi) is 4.38. The molecule has 24 heavy (non-hydrogen) atoms. The Morgan fingerprint density at radius 3 is 2.25 bits per heavy atom. The summed E-state index contributed by atoms with van der Waals surface area (Å²) in [6, 6.07) is 15.5. The van der Waals surface area contributed by atoms with Gasteiger partial charge in [0.15, 0.2) is 0 Å². The highest BCUT2D eigenvalue weighted by molar-refractivity contribution is 6.13. The van der Waals surface area contributed by atoms with Gasteiger partial charge in [-0.25, -0.2) is 0 Å². The number of anilines is 1. The zero-order chi connectivity index (χ0) is 17.2. The van der Waals surface area contributed by atoms with Gasteiger partial charge in [-0.1, -0.05) is 42.0 Å². The highest BCUT2D eigenvalue weighted by Gasteiger charge is 2.56. The predicted octanol–water partition coefficient (Wildman–Crippen LogP) is 3.34. The second-order valence-electron chi connectivity index (χ2n) is 6.51. The van der Waals surface area contributed by atoms with Crippen molar-refractivity contribution in [3.63, 3.8) is 0 Å². The van der Waals surface area contributed by atoms with Gasteiger partial charge in [-0.05, 0) is 49.9 Å². The molecule has 0 aromatic heterocycles. The van der Waals surface area contributed by atoms with Gasteiger partial charge in [0.05, 0.1) is 0 Å². The number of carbonyl (C=O) groups is 2. The van der Waals surface area contributed by atoms with Gasteiger partial charge < -0.3 is 10.6 Å². The van der Waals surface area contributed by atoms with Crippen molar-refractivity contribution < 1.29 is 9.59 Å². The van der Waals surface area contributed by atoms with Crippen molar-refractivity contribution in [3.05, 3.63) is 65.2 Å². The maximum Gasteiger partial charge on any atom is 0.240 e. The average Bonchev–Trinajstić information content (AvgIpc) is 3.38. The molecule has 1 fully saturated rings. The van der Waals surface area contributed by atoms with Crippen molar-refractivity contribution in [1.82, 2.24) is 5.32 Å². The van der Waals surface area contributed by atoms with Crippen LogP contribution in [0.4, 0.5) is 5.69 Å². The molecule has 0 saturated heterocycles. The second-order valence-corrected chi connectivity index (χ2v) is 6.51. The van der Waals surface area contributed by atoms with E-state index in [4.69, 9.17) is 0 Å². The minimum Gasteiger partial charge on any atom is -0.351 e. The van der Waals surface area contributed by atoms with Gasteiger partial charge in [0.25, 0.3) is 0 Å². The third-order valence-corrected chi connectivity index (χ3v) is 4.63. The van der Waals surface area contributed by atoms with E-state index in [1.54, 1.807) is 0 Å². The fraction of sp³-hybridized carbons (Fsp3) is 0.300. The first-order valence-electron chi connectivity index (χ1n) is 8.22. The molecule has 2 aromatic carbocycles. The van der Waals surface area contributed by atoms with E-state index in [0.29, 0.717) is 19.4 Å². The number of nitrogens with one attached hydrogen (secondary N) is 2. The van der Waals surface area contributed by atoms with Crippen LogP contribution in [0.2, 0.25) is 0 Å². The van der Waals surface area contributed by atoms with Crippen molar-refractivity contribution in [2.75, 3.05) is 5.32 Å². The molecule has 2 N–H and O–H groups in total. The van der Waals surface area contributed by atoms with E-state index >= 15 is 0 Å². The zero-order valence-corrected chi connectivity index (χ0v) is 14.1. The summed E-state index contributed by atoms with van der Waals surface area (Å²) in [6.45, 7) is 4.45. The van der Waals surface area contributed by atoms with Crippen LogP contribution < -0.4 is 10.6 Å². The molecule has 0 heterocycles. The molecule has 4 nitrogen and oxygen atoms in total. The molecule has 2 amide bonds. The first-order valence-corrected chi connectivity index (χ1v) is 8.22. The van der Waals surface area contributed by atoms with Crippen LogP contribution >= 0.6 is 0 Å². The van der Waals surface area contributed by atoms with Gasteiger partial charge in [-0.2, -0.15) is 0 Å². The summed E-state index contributed by atoms with van der Waals surface area (Å²) in [5.74, 6) is -0.399. The van der Waals surface area contributed by atoms with Crippen molar-refractivity contribution in [2.45, 2.75) is 33.2 Å². The highest BCUT2D eigenvalue weighted by Crippen LogP contribution is 2.46. The molecule has 4 heteroatoms. The first-order chi connectivity index (χ1) is 11.5. The average molecular weight is 322 g/mol. The maximum atomic E-state index is 12.5. The van der Waals surface area contributed by atoms with Crippen LogP contribution in [0.25, 0.3) is 0 Å². The molecule has 1 aliphatic carbocycles. The van der Waals surface area contributed by atoms with Gasteiger partial charge in [0.1, 0.15) is 5.41 Å². The van der Waals surface area contributed by atoms with E-state index in [1.807, 2.05) is 62.4 Å². The Hall–Kier alpha value is -2.62. The molecule has 0 aliphatic heterocycles. The monoisotopic (exact) mass is 322 g/mol. The quantitative estimate of drug-likeness (QED) is 0.830.